The summed E-state index contributed by atoms with van der Waals surface area (Å²) >= 11 is 0. The molecule has 1 aliphatic rings. The number of amides is 1. The SMILES string of the molecule is CN(CCNS(=O)(=O)CC1CCCCC1)C(=O)OC(C)(C)C. The lowest BCUT2D eigenvalue weighted by Crippen LogP contribution is -2.40. The molecule has 0 heterocycles. The van der Waals surface area contributed by atoms with Gasteiger partial charge in [-0.25, -0.2) is 17.9 Å². The molecule has 7 heteroatoms. The minimum Gasteiger partial charge on any atom is -0.444 e. The Balaban J connectivity index is 2.31. The molecular weight excluding hydrogens is 304 g/mol. The fraction of sp³-hybridized carbons (Fsp3) is 0.933. The summed E-state index contributed by atoms with van der Waals surface area (Å²) in [5, 5.41) is 0. The molecule has 0 aromatic rings. The molecule has 0 spiro atoms. The van der Waals surface area contributed by atoms with Gasteiger partial charge in [0.2, 0.25) is 10.0 Å². The van der Waals surface area contributed by atoms with Crippen LogP contribution < -0.4 is 4.72 Å². The van der Waals surface area contributed by atoms with Crippen molar-refractivity contribution in [2.75, 3.05) is 25.9 Å². The van der Waals surface area contributed by atoms with Gasteiger partial charge < -0.3 is 9.64 Å². The van der Waals surface area contributed by atoms with E-state index in [1.54, 1.807) is 27.8 Å². The Kier molecular flexibility index (Phi) is 7.12. The number of nitrogens with one attached hydrogen (secondary N) is 1. The number of sulfonamides is 1. The number of ether oxygens (including phenoxy) is 1. The summed E-state index contributed by atoms with van der Waals surface area (Å²) in [4.78, 5) is 13.1. The average molecular weight is 334 g/mol. The largest absolute Gasteiger partial charge is 0.444 e. The first-order valence-electron chi connectivity index (χ1n) is 8.00. The lowest BCUT2D eigenvalue weighted by molar-refractivity contribution is 0.0302. The van der Waals surface area contributed by atoms with E-state index in [4.69, 9.17) is 4.74 Å². The third-order valence-electron chi connectivity index (χ3n) is 3.65. The van der Waals surface area contributed by atoms with Crippen molar-refractivity contribution >= 4 is 16.1 Å². The quantitative estimate of drug-likeness (QED) is 0.809. The maximum Gasteiger partial charge on any atom is 0.410 e. The molecule has 1 saturated carbocycles. The topological polar surface area (TPSA) is 75.7 Å². The minimum absolute atomic E-state index is 0.198. The van der Waals surface area contributed by atoms with E-state index >= 15 is 0 Å². The molecule has 0 aromatic carbocycles. The van der Waals surface area contributed by atoms with Crippen LogP contribution in [0.4, 0.5) is 4.79 Å². The van der Waals surface area contributed by atoms with Crippen molar-refractivity contribution in [3.63, 3.8) is 0 Å². The molecule has 1 fully saturated rings. The van der Waals surface area contributed by atoms with Crippen molar-refractivity contribution in [3.05, 3.63) is 0 Å². The zero-order valence-corrected chi connectivity index (χ0v) is 15.0. The van der Waals surface area contributed by atoms with Gasteiger partial charge in [-0.05, 0) is 39.5 Å². The predicted molar refractivity (Wildman–Crippen MR) is 87.2 cm³/mol. The molecule has 1 N–H and O–H groups in total. The van der Waals surface area contributed by atoms with Crippen LogP contribution in [0.2, 0.25) is 0 Å². The molecule has 1 aliphatic carbocycles. The van der Waals surface area contributed by atoms with E-state index in [1.807, 2.05) is 0 Å². The summed E-state index contributed by atoms with van der Waals surface area (Å²) in [5.74, 6) is 0.471. The number of carbonyl (C=O) groups excluding carboxylic acids is 1. The summed E-state index contributed by atoms with van der Waals surface area (Å²) in [5.41, 5.74) is -0.550. The van der Waals surface area contributed by atoms with Crippen LogP contribution in [0.5, 0.6) is 0 Å². The lowest BCUT2D eigenvalue weighted by atomic mass is 9.91. The second-order valence-electron chi connectivity index (χ2n) is 7.08. The van der Waals surface area contributed by atoms with Crippen molar-refractivity contribution in [2.24, 2.45) is 5.92 Å². The van der Waals surface area contributed by atoms with Gasteiger partial charge in [0, 0.05) is 20.1 Å². The van der Waals surface area contributed by atoms with Crippen LogP contribution in [0, 0.1) is 5.92 Å². The number of nitrogens with zero attached hydrogens (tertiary/aromatic N) is 1. The Labute approximate surface area is 134 Å². The zero-order valence-electron chi connectivity index (χ0n) is 14.2. The number of hydrogen-bond donors (Lipinski definition) is 1. The molecule has 0 bridgehead atoms. The Morgan fingerprint density at radius 3 is 2.36 bits per heavy atom. The number of rotatable bonds is 6. The van der Waals surface area contributed by atoms with Crippen LogP contribution in [0.25, 0.3) is 0 Å². The van der Waals surface area contributed by atoms with E-state index in [9.17, 15) is 13.2 Å². The van der Waals surface area contributed by atoms with Crippen LogP contribution in [0.1, 0.15) is 52.9 Å². The fourth-order valence-electron chi connectivity index (χ4n) is 2.52. The summed E-state index contributed by atoms with van der Waals surface area (Å²) in [6.07, 6.45) is 5.02. The molecule has 1 rings (SSSR count). The van der Waals surface area contributed by atoms with Crippen molar-refractivity contribution in [1.29, 1.82) is 0 Å². The zero-order chi connectivity index (χ0) is 16.8. The van der Waals surface area contributed by atoms with E-state index in [0.29, 0.717) is 6.54 Å². The normalized spacial score (nSPS) is 17.3. The van der Waals surface area contributed by atoms with Crippen LogP contribution in [0.3, 0.4) is 0 Å². The Morgan fingerprint density at radius 2 is 1.82 bits per heavy atom. The minimum atomic E-state index is -3.27. The van der Waals surface area contributed by atoms with Gasteiger partial charge >= 0.3 is 6.09 Å². The predicted octanol–water partition coefficient (Wildman–Crippen LogP) is 2.35. The van der Waals surface area contributed by atoms with Gasteiger partial charge in [-0.3, -0.25) is 0 Å². The third-order valence-corrected chi connectivity index (χ3v) is 5.21. The van der Waals surface area contributed by atoms with Crippen LogP contribution in [-0.4, -0.2) is 50.9 Å². The summed E-state index contributed by atoms with van der Waals surface area (Å²) in [7, 11) is -1.67. The van der Waals surface area contributed by atoms with Crippen molar-refractivity contribution in [1.82, 2.24) is 9.62 Å². The summed E-state index contributed by atoms with van der Waals surface area (Å²) in [6, 6.07) is 0. The highest BCUT2D eigenvalue weighted by Gasteiger charge is 2.22. The third kappa shape index (κ3) is 7.98. The molecule has 0 radical (unpaired) electrons. The highest BCUT2D eigenvalue weighted by molar-refractivity contribution is 7.89. The van der Waals surface area contributed by atoms with E-state index in [1.165, 1.54) is 11.3 Å². The molecule has 130 valence electrons. The number of carbonyl (C=O) groups is 1. The van der Waals surface area contributed by atoms with Gasteiger partial charge in [0.15, 0.2) is 0 Å². The maximum atomic E-state index is 12.0. The molecule has 0 aliphatic heterocycles. The summed E-state index contributed by atoms with van der Waals surface area (Å²) < 4.78 is 31.9. The van der Waals surface area contributed by atoms with Crippen molar-refractivity contribution in [3.8, 4) is 0 Å². The van der Waals surface area contributed by atoms with Gasteiger partial charge in [0.1, 0.15) is 5.60 Å². The first kappa shape index (κ1) is 19.2. The number of likely N-dealkylation sites (N-methyl/N-ethyl adjacent to an activating group) is 1. The molecule has 0 saturated heterocycles. The highest BCUT2D eigenvalue weighted by Crippen LogP contribution is 2.24. The van der Waals surface area contributed by atoms with Gasteiger partial charge in [0.05, 0.1) is 5.75 Å². The van der Waals surface area contributed by atoms with Crippen LogP contribution >= 0.6 is 0 Å². The Morgan fingerprint density at radius 1 is 1.23 bits per heavy atom. The molecule has 0 unspecified atom stereocenters. The molecule has 6 nitrogen and oxygen atoms in total. The van der Waals surface area contributed by atoms with Crippen molar-refractivity contribution in [2.45, 2.75) is 58.5 Å². The summed E-state index contributed by atoms with van der Waals surface area (Å²) in [6.45, 7) is 5.90. The molecule has 1 amide bonds. The Bertz CT molecular complexity index is 451. The van der Waals surface area contributed by atoms with Crippen LogP contribution in [-0.2, 0) is 14.8 Å². The van der Waals surface area contributed by atoms with Gasteiger partial charge in [-0.1, -0.05) is 19.3 Å². The standard InChI is InChI=1S/C15H30N2O4S/c1-15(2,3)21-14(18)17(4)11-10-16-22(19,20)12-13-8-6-5-7-9-13/h13,16H,5-12H2,1-4H3. The second kappa shape index (κ2) is 8.15. The van der Waals surface area contributed by atoms with E-state index < -0.39 is 21.7 Å². The highest BCUT2D eigenvalue weighted by atomic mass is 32.2. The molecule has 0 aromatic heterocycles. The molecule has 22 heavy (non-hydrogen) atoms. The smallest absolute Gasteiger partial charge is 0.410 e. The second-order valence-corrected chi connectivity index (χ2v) is 8.93. The number of hydrogen-bond acceptors (Lipinski definition) is 4. The molecular formula is C15H30N2O4S. The lowest BCUT2D eigenvalue weighted by Gasteiger charge is -2.25. The van der Waals surface area contributed by atoms with Gasteiger partial charge in [0.25, 0.3) is 0 Å². The van der Waals surface area contributed by atoms with Gasteiger partial charge in [-0.15, -0.1) is 0 Å². The van der Waals surface area contributed by atoms with Crippen molar-refractivity contribution < 1.29 is 17.9 Å². The van der Waals surface area contributed by atoms with E-state index in [2.05, 4.69) is 4.72 Å². The van der Waals surface area contributed by atoms with E-state index in [0.717, 1.165) is 25.7 Å². The maximum absolute atomic E-state index is 12.0. The average Bonchev–Trinajstić information content (AvgIpc) is 2.36. The first-order valence-corrected chi connectivity index (χ1v) is 9.66. The molecule has 0 atom stereocenters. The monoisotopic (exact) mass is 334 g/mol. The first-order chi connectivity index (χ1) is 10.1. The van der Waals surface area contributed by atoms with Crippen LogP contribution in [0.15, 0.2) is 0 Å². The Hall–Kier alpha value is -0.820. The fourth-order valence-corrected chi connectivity index (χ4v) is 4.00. The van der Waals surface area contributed by atoms with Gasteiger partial charge in [-0.2, -0.15) is 0 Å². The van der Waals surface area contributed by atoms with E-state index in [-0.39, 0.29) is 18.2 Å².